The summed E-state index contributed by atoms with van der Waals surface area (Å²) in [5.41, 5.74) is 7.97. The van der Waals surface area contributed by atoms with Crippen molar-refractivity contribution in [2.24, 2.45) is 22.7 Å². The lowest BCUT2D eigenvalue weighted by molar-refractivity contribution is -0.144. The van der Waals surface area contributed by atoms with Crippen LogP contribution in [0.4, 0.5) is 0 Å². The minimum atomic E-state index is -0.602. The highest BCUT2D eigenvalue weighted by molar-refractivity contribution is 8.18. The number of rotatable bonds is 11. The summed E-state index contributed by atoms with van der Waals surface area (Å²) < 4.78 is 11.5. The first-order valence-electron chi connectivity index (χ1n) is 21.7. The van der Waals surface area contributed by atoms with Crippen molar-refractivity contribution in [3.8, 4) is 11.1 Å². The van der Waals surface area contributed by atoms with Gasteiger partial charge in [0, 0.05) is 47.7 Å². The molecule has 3 aromatic carbocycles. The zero-order valence-corrected chi connectivity index (χ0v) is 37.2. The summed E-state index contributed by atoms with van der Waals surface area (Å²) in [6, 6.07) is 23.6. The Bertz CT molecular complexity index is 2290. The van der Waals surface area contributed by atoms with Crippen LogP contribution in [-0.2, 0) is 23.9 Å². The van der Waals surface area contributed by atoms with Crippen molar-refractivity contribution in [1.29, 1.82) is 0 Å². The average molecular weight is 880 g/mol. The molecule has 61 heavy (non-hydrogen) atoms. The van der Waals surface area contributed by atoms with Crippen LogP contribution in [0, 0.1) is 17.8 Å². The van der Waals surface area contributed by atoms with E-state index < -0.39 is 6.04 Å². The van der Waals surface area contributed by atoms with Gasteiger partial charge in [0.05, 0.1) is 19.3 Å². The van der Waals surface area contributed by atoms with Crippen LogP contribution in [0.3, 0.4) is 0 Å². The van der Waals surface area contributed by atoms with Crippen LogP contribution in [0.25, 0.3) is 11.1 Å². The van der Waals surface area contributed by atoms with Crippen LogP contribution in [0.2, 0.25) is 5.02 Å². The minimum Gasteiger partial charge on any atom is -0.465 e. The summed E-state index contributed by atoms with van der Waals surface area (Å²) in [5, 5.41) is 2.28. The maximum Gasteiger partial charge on any atom is 0.305 e. The van der Waals surface area contributed by atoms with Crippen LogP contribution >= 0.6 is 35.0 Å². The Morgan fingerprint density at radius 1 is 0.934 bits per heavy atom. The molecular weight excluding hydrogens is 828 g/mol. The monoisotopic (exact) mass is 878 g/mol. The number of fused-ring (bicyclic) bond motifs is 4. The van der Waals surface area contributed by atoms with Gasteiger partial charge in [0.2, 0.25) is 5.91 Å². The predicted octanol–water partition coefficient (Wildman–Crippen LogP) is 9.73. The molecule has 2 saturated heterocycles. The first-order chi connectivity index (χ1) is 29.6. The van der Waals surface area contributed by atoms with Crippen molar-refractivity contribution in [2.75, 3.05) is 39.5 Å². The van der Waals surface area contributed by atoms with E-state index >= 15 is 4.79 Å². The lowest BCUT2D eigenvalue weighted by Gasteiger charge is -2.36. The number of hydrogen-bond acceptors (Lipinski definition) is 8. The second kappa shape index (κ2) is 17.8. The van der Waals surface area contributed by atoms with Gasteiger partial charge in [0.15, 0.2) is 5.17 Å². The quantitative estimate of drug-likeness (QED) is 0.177. The summed E-state index contributed by atoms with van der Waals surface area (Å²) in [4.78, 5) is 54.6. The normalized spacial score (nSPS) is 24.7. The van der Waals surface area contributed by atoms with E-state index in [1.165, 1.54) is 39.6 Å². The molecule has 6 aliphatic rings. The van der Waals surface area contributed by atoms with Crippen molar-refractivity contribution in [3.63, 3.8) is 0 Å². The van der Waals surface area contributed by atoms with Crippen molar-refractivity contribution in [2.45, 2.75) is 76.9 Å². The average Bonchev–Trinajstić information content (AvgIpc) is 4.03. The number of likely N-dealkylation sites (tertiary alicyclic amines) is 1. The van der Waals surface area contributed by atoms with Crippen molar-refractivity contribution in [3.05, 3.63) is 128 Å². The number of carbonyl (C=O) groups is 3. The second-order valence-corrected chi connectivity index (χ2v) is 19.3. The molecule has 4 heterocycles. The molecule has 318 valence electrons. The molecule has 3 unspecified atom stereocenters. The molecular formula is C49H52Cl2N4O5S. The third kappa shape index (κ3) is 8.21. The van der Waals surface area contributed by atoms with Crippen LogP contribution in [0.1, 0.15) is 81.5 Å². The van der Waals surface area contributed by atoms with E-state index in [0.717, 1.165) is 27.9 Å². The zero-order valence-electron chi connectivity index (χ0n) is 34.9. The van der Waals surface area contributed by atoms with Crippen LogP contribution in [0.15, 0.2) is 111 Å². The summed E-state index contributed by atoms with van der Waals surface area (Å²) >= 11 is 14.3. The van der Waals surface area contributed by atoms with E-state index in [0.29, 0.717) is 68.6 Å². The molecule has 9 nitrogen and oxygen atoms in total. The standard InChI is InChI=1S/C49H52Cl2N4O5S/c1-29(2)44-46(61-49-52-43(32-15-17-33(50)18-16-32)45(55(44)49)35-20-19-34(51)25-30(35)3)48(58)54-27-31(26-41(54)47(57)53-21-23-59-24-22-53)9-8-14-42(56)60-28-40-38-12-6-4-10-36(38)37-11-5-7-13-39(37)40/h4-7,10-13,15-20,29-31,40-41,43,45H,8-9,14,21-28H2,1-3H3/t30?,31?,41?,43-,45+/m0/s1. The van der Waals surface area contributed by atoms with Crippen molar-refractivity contribution < 1.29 is 23.9 Å². The SMILES string of the molecule is CC(C)C1=C(C(=O)N2CC(CCCC(=O)OCC3c4ccccc4-c4ccccc43)CC2C(=O)N2CCOCC2)SC2=N[C@@H](c3ccc(Cl)cc3)[C@@H](C3=CC=C(Cl)CC3C)N21. The number of nitrogens with zero attached hydrogens (tertiary/aromatic N) is 4. The Morgan fingerprint density at radius 2 is 1.62 bits per heavy atom. The number of carbonyl (C=O) groups excluding carboxylic acids is 3. The van der Waals surface area contributed by atoms with E-state index in [2.05, 4.69) is 56.0 Å². The molecule has 0 aromatic heterocycles. The number of allylic oxidation sites excluding steroid dienone is 4. The number of hydrogen-bond donors (Lipinski definition) is 0. The van der Waals surface area contributed by atoms with Gasteiger partial charge in [-0.2, -0.15) is 0 Å². The first kappa shape index (κ1) is 42.0. The molecule has 2 fully saturated rings. The van der Waals surface area contributed by atoms with Gasteiger partial charge in [-0.1, -0.05) is 111 Å². The Kier molecular flexibility index (Phi) is 12.2. The molecule has 12 heteroatoms. The Balaban J connectivity index is 0.930. The Morgan fingerprint density at radius 3 is 2.30 bits per heavy atom. The number of thioether (sulfide) groups is 1. The zero-order chi connectivity index (χ0) is 42.4. The predicted molar refractivity (Wildman–Crippen MR) is 242 cm³/mol. The largest absolute Gasteiger partial charge is 0.465 e. The van der Waals surface area contributed by atoms with Gasteiger partial charge in [0.25, 0.3) is 5.91 Å². The van der Waals surface area contributed by atoms with Gasteiger partial charge in [0.1, 0.15) is 23.6 Å². The van der Waals surface area contributed by atoms with Gasteiger partial charge in [-0.05, 0) is 107 Å². The van der Waals surface area contributed by atoms with Crippen molar-refractivity contribution >= 4 is 57.9 Å². The molecule has 0 spiro atoms. The molecule has 0 N–H and O–H groups in total. The van der Waals surface area contributed by atoms with Crippen LogP contribution in [-0.4, -0.2) is 89.2 Å². The molecule has 5 atom stereocenters. The molecule has 0 saturated carbocycles. The molecule has 0 radical (unpaired) electrons. The highest BCUT2D eigenvalue weighted by Crippen LogP contribution is 2.52. The fourth-order valence-corrected chi connectivity index (χ4v) is 11.9. The molecule has 3 aromatic rings. The number of halogens is 2. The maximum absolute atomic E-state index is 15.1. The Labute approximate surface area is 372 Å². The number of aliphatic imine (C=N–C) groups is 1. The van der Waals surface area contributed by atoms with Crippen LogP contribution in [0.5, 0.6) is 0 Å². The number of esters is 1. The maximum atomic E-state index is 15.1. The van der Waals surface area contributed by atoms with E-state index in [1.807, 2.05) is 64.4 Å². The fraction of sp³-hybridized carbons (Fsp3) is 0.429. The lowest BCUT2D eigenvalue weighted by Crippen LogP contribution is -2.51. The molecule has 2 amide bonds. The van der Waals surface area contributed by atoms with Gasteiger partial charge in [-0.3, -0.25) is 19.4 Å². The fourth-order valence-electron chi connectivity index (χ4n) is 10.2. The molecule has 0 bridgehead atoms. The summed E-state index contributed by atoms with van der Waals surface area (Å²) in [6.07, 6.45) is 7.00. The highest BCUT2D eigenvalue weighted by atomic mass is 35.5. The number of morpholine rings is 1. The summed E-state index contributed by atoms with van der Waals surface area (Å²) in [6.45, 7) is 9.15. The topological polar surface area (TPSA) is 91.8 Å². The van der Waals surface area contributed by atoms with E-state index in [1.54, 1.807) is 0 Å². The third-order valence-corrected chi connectivity index (χ3v) is 14.8. The number of benzene rings is 3. The Hall–Kier alpha value is -4.35. The minimum absolute atomic E-state index is 0.00626. The first-order valence-corrected chi connectivity index (χ1v) is 23.3. The number of amides is 2. The van der Waals surface area contributed by atoms with Gasteiger partial charge in [-0.25, -0.2) is 0 Å². The number of ether oxygens (including phenoxy) is 2. The third-order valence-electron chi connectivity index (χ3n) is 13.2. The number of amidine groups is 1. The summed E-state index contributed by atoms with van der Waals surface area (Å²) in [7, 11) is 0. The lowest BCUT2D eigenvalue weighted by atomic mass is 9.82. The smallest absolute Gasteiger partial charge is 0.305 e. The van der Waals surface area contributed by atoms with E-state index in [-0.39, 0.29) is 60.0 Å². The summed E-state index contributed by atoms with van der Waals surface area (Å²) in [5.74, 6) is -0.161. The van der Waals surface area contributed by atoms with Gasteiger partial charge >= 0.3 is 5.97 Å². The van der Waals surface area contributed by atoms with Gasteiger partial charge in [-0.15, -0.1) is 0 Å². The molecule has 4 aliphatic heterocycles. The van der Waals surface area contributed by atoms with Crippen LogP contribution < -0.4 is 0 Å². The van der Waals surface area contributed by atoms with E-state index in [4.69, 9.17) is 37.7 Å². The van der Waals surface area contributed by atoms with Crippen molar-refractivity contribution in [1.82, 2.24) is 14.7 Å². The molecule has 2 aliphatic carbocycles. The second-order valence-electron chi connectivity index (χ2n) is 17.4. The molecule has 9 rings (SSSR count). The van der Waals surface area contributed by atoms with E-state index in [9.17, 15) is 9.59 Å². The van der Waals surface area contributed by atoms with Gasteiger partial charge < -0.3 is 24.2 Å². The highest BCUT2D eigenvalue weighted by Gasteiger charge is 2.51.